The molecule has 4 aromatic rings. The van der Waals surface area contributed by atoms with Crippen LogP contribution in [-0.4, -0.2) is 20.7 Å². The Hall–Kier alpha value is -3.61. The fourth-order valence-corrected chi connectivity index (χ4v) is 3.09. The van der Waals surface area contributed by atoms with Crippen LogP contribution in [0.5, 0.6) is 0 Å². The zero-order valence-electron chi connectivity index (χ0n) is 15.2. The van der Waals surface area contributed by atoms with Crippen LogP contribution in [0.15, 0.2) is 54.6 Å². The number of fused-ring (bicyclic) bond motifs is 1. The summed E-state index contributed by atoms with van der Waals surface area (Å²) in [6.45, 7) is 3.57. The van der Waals surface area contributed by atoms with Crippen LogP contribution >= 0.6 is 0 Å². The van der Waals surface area contributed by atoms with E-state index in [0.717, 1.165) is 0 Å². The molecule has 4 rings (SSSR count). The van der Waals surface area contributed by atoms with Gasteiger partial charge in [-0.05, 0) is 68.4 Å². The van der Waals surface area contributed by atoms with Gasteiger partial charge in [-0.2, -0.15) is 5.10 Å². The van der Waals surface area contributed by atoms with Crippen LogP contribution in [-0.2, 0) is 0 Å². The highest BCUT2D eigenvalue weighted by molar-refractivity contribution is 6.12. The van der Waals surface area contributed by atoms with Crippen molar-refractivity contribution in [3.63, 3.8) is 0 Å². The Kier molecular flexibility index (Phi) is 4.35. The lowest BCUT2D eigenvalue weighted by molar-refractivity contribution is 0.102. The van der Waals surface area contributed by atoms with Gasteiger partial charge in [-0.3, -0.25) is 4.79 Å². The summed E-state index contributed by atoms with van der Waals surface area (Å²) in [5, 5.41) is 7.87. The van der Waals surface area contributed by atoms with Crippen molar-refractivity contribution >= 4 is 22.6 Å². The van der Waals surface area contributed by atoms with Crippen LogP contribution in [0.4, 0.5) is 14.5 Å². The van der Waals surface area contributed by atoms with Gasteiger partial charge in [0, 0.05) is 11.4 Å². The van der Waals surface area contributed by atoms with Crippen molar-refractivity contribution in [2.75, 3.05) is 5.32 Å². The van der Waals surface area contributed by atoms with Crippen molar-refractivity contribution in [1.82, 2.24) is 14.8 Å². The number of benzene rings is 2. The molecule has 0 aliphatic heterocycles. The number of anilines is 1. The minimum absolute atomic E-state index is 0.344. The van der Waals surface area contributed by atoms with Gasteiger partial charge in [0.1, 0.15) is 11.6 Å². The number of nitrogens with zero attached hydrogens (tertiary/aromatic N) is 3. The third-order valence-corrected chi connectivity index (χ3v) is 4.36. The number of pyridine rings is 1. The topological polar surface area (TPSA) is 59.8 Å². The maximum atomic E-state index is 13.3. The molecular formula is C21H16F2N4O. The minimum atomic E-state index is -0.378. The second-order valence-corrected chi connectivity index (χ2v) is 6.44. The number of aromatic nitrogens is 3. The molecule has 7 heteroatoms. The Bertz CT molecular complexity index is 1180. The first kappa shape index (κ1) is 17.8. The van der Waals surface area contributed by atoms with E-state index in [9.17, 15) is 13.6 Å². The summed E-state index contributed by atoms with van der Waals surface area (Å²) in [5.41, 5.74) is 3.31. The van der Waals surface area contributed by atoms with Gasteiger partial charge in [-0.1, -0.05) is 0 Å². The Morgan fingerprint density at radius 2 is 1.57 bits per heavy atom. The van der Waals surface area contributed by atoms with Crippen molar-refractivity contribution in [2.24, 2.45) is 0 Å². The van der Waals surface area contributed by atoms with Crippen LogP contribution in [0.2, 0.25) is 0 Å². The van der Waals surface area contributed by atoms with Crippen LogP contribution in [0.3, 0.4) is 0 Å². The van der Waals surface area contributed by atoms with Gasteiger partial charge in [0.15, 0.2) is 5.65 Å². The summed E-state index contributed by atoms with van der Waals surface area (Å²) < 4.78 is 27.9. The lowest BCUT2D eigenvalue weighted by Crippen LogP contribution is -2.13. The molecule has 140 valence electrons. The van der Waals surface area contributed by atoms with E-state index in [1.54, 1.807) is 36.7 Å². The molecular weight excluding hydrogens is 362 g/mol. The smallest absolute Gasteiger partial charge is 0.256 e. The number of aryl methyl sites for hydroxylation is 2. The highest BCUT2D eigenvalue weighted by Crippen LogP contribution is 2.26. The van der Waals surface area contributed by atoms with E-state index in [-0.39, 0.29) is 17.5 Å². The summed E-state index contributed by atoms with van der Waals surface area (Å²) in [4.78, 5) is 17.4. The monoisotopic (exact) mass is 378 g/mol. The molecule has 0 bridgehead atoms. The molecule has 0 aliphatic rings. The maximum absolute atomic E-state index is 13.3. The number of nitrogens with one attached hydrogen (secondary N) is 1. The number of hydrogen-bond acceptors (Lipinski definition) is 3. The van der Waals surface area contributed by atoms with Crippen LogP contribution in [0.1, 0.15) is 21.7 Å². The third kappa shape index (κ3) is 3.22. The molecule has 0 spiro atoms. The van der Waals surface area contributed by atoms with Crippen molar-refractivity contribution in [3.05, 3.63) is 83.2 Å². The van der Waals surface area contributed by atoms with Gasteiger partial charge in [-0.15, -0.1) is 0 Å². The molecule has 0 saturated heterocycles. The van der Waals surface area contributed by atoms with E-state index in [2.05, 4.69) is 15.4 Å². The zero-order chi connectivity index (χ0) is 19.8. The highest BCUT2D eigenvalue weighted by Gasteiger charge is 2.19. The standard InChI is InChI=1S/C21H16F2N4O/c1-12-11-18(21(28)25-16-7-3-14(22)4-8-16)19-13(2)26-27(20(19)24-12)17-9-5-15(23)6-10-17/h3-11H,1-2H3,(H,25,28). The molecule has 1 amide bonds. The molecule has 0 radical (unpaired) electrons. The number of halogens is 2. The first-order valence-electron chi connectivity index (χ1n) is 8.62. The van der Waals surface area contributed by atoms with Gasteiger partial charge in [0.2, 0.25) is 0 Å². The van der Waals surface area contributed by atoms with Crippen molar-refractivity contribution < 1.29 is 13.6 Å². The summed E-state index contributed by atoms with van der Waals surface area (Å²) >= 11 is 0. The van der Waals surface area contributed by atoms with Gasteiger partial charge in [0.25, 0.3) is 5.91 Å². The average Bonchev–Trinajstić information content (AvgIpc) is 3.00. The summed E-state index contributed by atoms with van der Waals surface area (Å²) in [6.07, 6.45) is 0. The van der Waals surface area contributed by atoms with Crippen LogP contribution < -0.4 is 5.32 Å². The second kappa shape index (κ2) is 6.84. The van der Waals surface area contributed by atoms with E-state index >= 15 is 0 Å². The largest absolute Gasteiger partial charge is 0.322 e. The predicted octanol–water partition coefficient (Wildman–Crippen LogP) is 4.57. The Labute approximate surface area is 159 Å². The van der Waals surface area contributed by atoms with E-state index < -0.39 is 0 Å². The fraction of sp³-hybridized carbons (Fsp3) is 0.0952. The van der Waals surface area contributed by atoms with Gasteiger partial charge < -0.3 is 5.32 Å². The fourth-order valence-electron chi connectivity index (χ4n) is 3.09. The number of carbonyl (C=O) groups excluding carboxylic acids is 1. The lowest BCUT2D eigenvalue weighted by atomic mass is 10.1. The lowest BCUT2D eigenvalue weighted by Gasteiger charge is -2.08. The molecule has 1 N–H and O–H groups in total. The molecule has 2 aromatic carbocycles. The molecule has 28 heavy (non-hydrogen) atoms. The first-order chi connectivity index (χ1) is 13.4. The molecule has 0 fully saturated rings. The Morgan fingerprint density at radius 1 is 0.964 bits per heavy atom. The molecule has 0 aliphatic carbocycles. The van der Waals surface area contributed by atoms with Crippen molar-refractivity contribution in [2.45, 2.75) is 13.8 Å². The summed E-state index contributed by atoms with van der Waals surface area (Å²) in [6, 6.07) is 13.1. The minimum Gasteiger partial charge on any atom is -0.322 e. The third-order valence-electron chi connectivity index (χ3n) is 4.36. The number of rotatable bonds is 3. The van der Waals surface area contributed by atoms with E-state index in [0.29, 0.717) is 39.4 Å². The Balaban J connectivity index is 1.82. The number of hydrogen-bond donors (Lipinski definition) is 1. The molecule has 0 unspecified atom stereocenters. The number of carbonyl (C=O) groups is 1. The summed E-state index contributed by atoms with van der Waals surface area (Å²) in [7, 11) is 0. The van der Waals surface area contributed by atoms with Crippen LogP contribution in [0, 0.1) is 25.5 Å². The normalized spacial score (nSPS) is 11.0. The molecule has 2 heterocycles. The SMILES string of the molecule is Cc1cc(C(=O)Nc2ccc(F)cc2)c2c(C)nn(-c3ccc(F)cc3)c2n1. The van der Waals surface area contributed by atoms with E-state index in [4.69, 9.17) is 0 Å². The first-order valence-corrected chi connectivity index (χ1v) is 8.62. The summed E-state index contributed by atoms with van der Waals surface area (Å²) in [5.74, 6) is -1.07. The van der Waals surface area contributed by atoms with Gasteiger partial charge in [-0.25, -0.2) is 18.4 Å². The predicted molar refractivity (Wildman–Crippen MR) is 103 cm³/mol. The van der Waals surface area contributed by atoms with Crippen LogP contribution in [0.25, 0.3) is 16.7 Å². The van der Waals surface area contributed by atoms with E-state index in [1.165, 1.54) is 36.4 Å². The number of amides is 1. The molecule has 0 atom stereocenters. The molecule has 2 aromatic heterocycles. The highest BCUT2D eigenvalue weighted by atomic mass is 19.1. The quantitative estimate of drug-likeness (QED) is 0.568. The average molecular weight is 378 g/mol. The molecule has 0 saturated carbocycles. The Morgan fingerprint density at radius 3 is 2.21 bits per heavy atom. The van der Waals surface area contributed by atoms with Crippen molar-refractivity contribution in [3.8, 4) is 5.69 Å². The zero-order valence-corrected chi connectivity index (χ0v) is 15.2. The van der Waals surface area contributed by atoms with Crippen molar-refractivity contribution in [1.29, 1.82) is 0 Å². The van der Waals surface area contributed by atoms with Gasteiger partial charge in [0.05, 0.1) is 22.3 Å². The van der Waals surface area contributed by atoms with E-state index in [1.807, 2.05) is 0 Å². The molecule has 5 nitrogen and oxygen atoms in total. The van der Waals surface area contributed by atoms with Gasteiger partial charge >= 0.3 is 0 Å². The maximum Gasteiger partial charge on any atom is 0.256 e. The second-order valence-electron chi connectivity index (χ2n) is 6.44.